The van der Waals surface area contributed by atoms with Gasteiger partial charge in [0.15, 0.2) is 5.96 Å². The maximum atomic E-state index is 12.1. The van der Waals surface area contributed by atoms with Gasteiger partial charge in [0.1, 0.15) is 11.9 Å². The highest BCUT2D eigenvalue weighted by Gasteiger charge is 2.22. The Morgan fingerprint density at radius 1 is 1.14 bits per heavy atom. The Morgan fingerprint density at radius 2 is 1.97 bits per heavy atom. The number of hydrogen-bond donors (Lipinski definition) is 3. The van der Waals surface area contributed by atoms with E-state index in [9.17, 15) is 4.79 Å². The molecular formula is C22H29IN4O2. The van der Waals surface area contributed by atoms with Gasteiger partial charge in [-0.05, 0) is 35.7 Å². The highest BCUT2D eigenvalue weighted by atomic mass is 127. The zero-order valence-electron chi connectivity index (χ0n) is 16.9. The number of rotatable bonds is 7. The normalized spacial score (nSPS) is 15.0. The Morgan fingerprint density at radius 3 is 2.72 bits per heavy atom. The molecule has 1 atom stereocenters. The SMILES string of the molecule is CCCNC(=O)c1cccc(CNC(=NC)NCC2Cc3ccccc3O2)c1.I. The molecule has 0 fully saturated rings. The summed E-state index contributed by atoms with van der Waals surface area (Å²) in [5.74, 6) is 1.64. The van der Waals surface area contributed by atoms with Crippen molar-refractivity contribution in [2.24, 2.45) is 4.99 Å². The Hall–Kier alpha value is -2.29. The van der Waals surface area contributed by atoms with Crippen LogP contribution in [0.5, 0.6) is 5.75 Å². The molecule has 1 heterocycles. The molecular weight excluding hydrogens is 479 g/mol. The fourth-order valence-corrected chi connectivity index (χ4v) is 3.15. The summed E-state index contributed by atoms with van der Waals surface area (Å²) >= 11 is 0. The van der Waals surface area contributed by atoms with Gasteiger partial charge in [-0.1, -0.05) is 37.3 Å². The molecule has 1 amide bonds. The van der Waals surface area contributed by atoms with Gasteiger partial charge in [0.25, 0.3) is 5.91 Å². The van der Waals surface area contributed by atoms with E-state index >= 15 is 0 Å². The third-order valence-electron chi connectivity index (χ3n) is 4.62. The molecule has 29 heavy (non-hydrogen) atoms. The zero-order chi connectivity index (χ0) is 19.8. The summed E-state index contributed by atoms with van der Waals surface area (Å²) in [4.78, 5) is 16.4. The molecule has 2 aromatic carbocycles. The van der Waals surface area contributed by atoms with Gasteiger partial charge in [0, 0.05) is 32.1 Å². The van der Waals surface area contributed by atoms with Crippen molar-refractivity contribution < 1.29 is 9.53 Å². The molecule has 0 aliphatic carbocycles. The molecule has 0 aromatic heterocycles. The first-order valence-corrected chi connectivity index (χ1v) is 9.75. The van der Waals surface area contributed by atoms with Crippen LogP contribution < -0.4 is 20.7 Å². The van der Waals surface area contributed by atoms with Crippen LogP contribution in [0.3, 0.4) is 0 Å². The molecule has 0 saturated heterocycles. The van der Waals surface area contributed by atoms with Gasteiger partial charge in [0.2, 0.25) is 0 Å². The molecule has 6 nitrogen and oxygen atoms in total. The number of carbonyl (C=O) groups is 1. The number of amides is 1. The first-order valence-electron chi connectivity index (χ1n) is 9.75. The van der Waals surface area contributed by atoms with Crippen LogP contribution in [0.2, 0.25) is 0 Å². The summed E-state index contributed by atoms with van der Waals surface area (Å²) in [6.45, 7) is 3.98. The lowest BCUT2D eigenvalue weighted by Gasteiger charge is -2.16. The molecule has 156 valence electrons. The number of nitrogens with one attached hydrogen (secondary N) is 3. The third kappa shape index (κ3) is 6.62. The summed E-state index contributed by atoms with van der Waals surface area (Å²) in [5.41, 5.74) is 2.94. The predicted molar refractivity (Wildman–Crippen MR) is 127 cm³/mol. The number of guanidine groups is 1. The van der Waals surface area contributed by atoms with E-state index in [2.05, 4.69) is 27.0 Å². The number of nitrogens with zero attached hydrogens (tertiary/aromatic N) is 1. The molecule has 0 bridgehead atoms. The number of para-hydroxylation sites is 1. The van der Waals surface area contributed by atoms with Crippen molar-refractivity contribution in [1.29, 1.82) is 0 Å². The maximum Gasteiger partial charge on any atom is 0.251 e. The van der Waals surface area contributed by atoms with Crippen molar-refractivity contribution in [3.05, 3.63) is 65.2 Å². The van der Waals surface area contributed by atoms with Crippen molar-refractivity contribution in [2.75, 3.05) is 20.1 Å². The van der Waals surface area contributed by atoms with E-state index in [1.54, 1.807) is 7.05 Å². The van der Waals surface area contributed by atoms with E-state index in [1.807, 2.05) is 49.4 Å². The van der Waals surface area contributed by atoms with Crippen LogP contribution in [0.4, 0.5) is 0 Å². The summed E-state index contributed by atoms with van der Waals surface area (Å²) in [7, 11) is 1.74. The Kier molecular flexibility index (Phi) is 9.24. The van der Waals surface area contributed by atoms with Gasteiger partial charge >= 0.3 is 0 Å². The van der Waals surface area contributed by atoms with Gasteiger partial charge < -0.3 is 20.7 Å². The summed E-state index contributed by atoms with van der Waals surface area (Å²) in [6, 6.07) is 15.8. The van der Waals surface area contributed by atoms with E-state index < -0.39 is 0 Å². The minimum absolute atomic E-state index is 0. The summed E-state index contributed by atoms with van der Waals surface area (Å²) in [6.07, 6.45) is 1.92. The van der Waals surface area contributed by atoms with Crippen LogP contribution in [0.1, 0.15) is 34.8 Å². The topological polar surface area (TPSA) is 74.8 Å². The monoisotopic (exact) mass is 508 g/mol. The van der Waals surface area contributed by atoms with E-state index in [1.165, 1.54) is 5.56 Å². The Labute approximate surface area is 189 Å². The quantitative estimate of drug-likeness (QED) is 0.305. The van der Waals surface area contributed by atoms with Crippen LogP contribution in [0, 0.1) is 0 Å². The number of carbonyl (C=O) groups excluding carboxylic acids is 1. The lowest BCUT2D eigenvalue weighted by atomic mass is 10.1. The average molecular weight is 508 g/mol. The highest BCUT2D eigenvalue weighted by Crippen LogP contribution is 2.27. The molecule has 1 aliphatic heterocycles. The maximum absolute atomic E-state index is 12.1. The molecule has 1 unspecified atom stereocenters. The van der Waals surface area contributed by atoms with Crippen molar-refractivity contribution in [3.8, 4) is 5.75 Å². The van der Waals surface area contributed by atoms with Gasteiger partial charge in [-0.2, -0.15) is 0 Å². The van der Waals surface area contributed by atoms with Gasteiger partial charge in [-0.3, -0.25) is 9.79 Å². The average Bonchev–Trinajstić information content (AvgIpc) is 3.15. The predicted octanol–water partition coefficient (Wildman–Crippen LogP) is 3.11. The van der Waals surface area contributed by atoms with Gasteiger partial charge in [-0.15, -0.1) is 24.0 Å². The highest BCUT2D eigenvalue weighted by molar-refractivity contribution is 14.0. The first-order chi connectivity index (χ1) is 13.7. The van der Waals surface area contributed by atoms with Crippen LogP contribution in [-0.2, 0) is 13.0 Å². The van der Waals surface area contributed by atoms with Gasteiger partial charge in [-0.25, -0.2) is 0 Å². The van der Waals surface area contributed by atoms with Gasteiger partial charge in [0.05, 0.1) is 6.54 Å². The minimum Gasteiger partial charge on any atom is -0.488 e. The number of ether oxygens (including phenoxy) is 1. The smallest absolute Gasteiger partial charge is 0.251 e. The number of halogens is 1. The number of benzene rings is 2. The first kappa shape index (κ1) is 23.0. The minimum atomic E-state index is -0.0378. The van der Waals surface area contributed by atoms with Crippen LogP contribution in [0.25, 0.3) is 0 Å². The van der Waals surface area contributed by atoms with Crippen molar-refractivity contribution in [2.45, 2.75) is 32.4 Å². The van der Waals surface area contributed by atoms with Crippen LogP contribution in [-0.4, -0.2) is 38.1 Å². The summed E-state index contributed by atoms with van der Waals surface area (Å²) < 4.78 is 5.95. The number of aliphatic imine (C=N–C) groups is 1. The lowest BCUT2D eigenvalue weighted by Crippen LogP contribution is -2.42. The van der Waals surface area contributed by atoms with Crippen molar-refractivity contribution >= 4 is 35.8 Å². The fraction of sp³-hybridized carbons (Fsp3) is 0.364. The molecule has 7 heteroatoms. The Bertz CT molecular complexity index is 816. The van der Waals surface area contributed by atoms with E-state index in [-0.39, 0.29) is 36.0 Å². The van der Waals surface area contributed by atoms with E-state index in [4.69, 9.17) is 4.74 Å². The molecule has 0 spiro atoms. The molecule has 1 aliphatic rings. The fourth-order valence-electron chi connectivity index (χ4n) is 3.15. The second-order valence-electron chi connectivity index (χ2n) is 6.81. The van der Waals surface area contributed by atoms with Crippen molar-refractivity contribution in [3.63, 3.8) is 0 Å². The van der Waals surface area contributed by atoms with E-state index in [0.717, 1.165) is 24.2 Å². The number of fused-ring (bicyclic) bond motifs is 1. The molecule has 3 rings (SSSR count). The Balaban J connectivity index is 0.00000300. The summed E-state index contributed by atoms with van der Waals surface area (Å²) in [5, 5.41) is 9.51. The molecule has 2 aromatic rings. The molecule has 0 saturated carbocycles. The zero-order valence-corrected chi connectivity index (χ0v) is 19.2. The van der Waals surface area contributed by atoms with Crippen molar-refractivity contribution in [1.82, 2.24) is 16.0 Å². The molecule has 0 radical (unpaired) electrons. The second-order valence-corrected chi connectivity index (χ2v) is 6.81. The molecule has 3 N–H and O–H groups in total. The lowest BCUT2D eigenvalue weighted by molar-refractivity contribution is 0.0953. The van der Waals surface area contributed by atoms with E-state index in [0.29, 0.717) is 31.2 Å². The third-order valence-corrected chi connectivity index (χ3v) is 4.62. The largest absolute Gasteiger partial charge is 0.488 e. The standard InChI is InChI=1S/C22H28N4O2.HI/c1-3-11-24-21(27)18-9-6-7-16(12-18)14-25-22(23-2)26-15-19-13-17-8-4-5-10-20(17)28-19;/h4-10,12,19H,3,11,13-15H2,1-2H3,(H,24,27)(H2,23,25,26);1H. The second kappa shape index (κ2) is 11.6. The van der Waals surface area contributed by atoms with Crippen LogP contribution in [0.15, 0.2) is 53.5 Å². The number of hydrogen-bond acceptors (Lipinski definition) is 3. The van der Waals surface area contributed by atoms with Crippen LogP contribution >= 0.6 is 24.0 Å².